The van der Waals surface area contributed by atoms with E-state index in [0.29, 0.717) is 0 Å². The molecule has 0 fully saturated rings. The molecule has 0 aliphatic carbocycles. The summed E-state index contributed by atoms with van der Waals surface area (Å²) in [5.41, 5.74) is 2.75. The lowest BCUT2D eigenvalue weighted by molar-refractivity contribution is 0.110. The largest absolute Gasteiger partial charge is 0.312 e. The number of rotatable bonds is 1. The van der Waals surface area contributed by atoms with Crippen LogP contribution in [0, 0.1) is 0 Å². The van der Waals surface area contributed by atoms with Crippen LogP contribution in [0.1, 0.15) is 42.5 Å². The second kappa shape index (κ2) is 3.45. The molecule has 0 spiro atoms. The van der Waals surface area contributed by atoms with E-state index in [4.69, 9.17) is 0 Å². The average Bonchev–Trinajstić information content (AvgIpc) is 2.55. The minimum atomic E-state index is -0.131. The Kier molecular flexibility index (Phi) is 2.38. The molecular formula is C11H17N3O. The molecule has 1 aromatic heterocycles. The summed E-state index contributed by atoms with van der Waals surface area (Å²) < 4.78 is 1.84. The molecule has 0 saturated carbocycles. The van der Waals surface area contributed by atoms with Gasteiger partial charge < -0.3 is 5.32 Å². The summed E-state index contributed by atoms with van der Waals surface area (Å²) >= 11 is 0. The van der Waals surface area contributed by atoms with Crippen LogP contribution in [0.5, 0.6) is 0 Å². The maximum absolute atomic E-state index is 11.1. The molecule has 0 unspecified atom stereocenters. The molecule has 1 N–H and O–H groups in total. The average molecular weight is 207 g/mol. The first-order valence-electron chi connectivity index (χ1n) is 5.31. The fraction of sp³-hybridized carbons (Fsp3) is 0.636. The lowest BCUT2D eigenvalue weighted by Gasteiger charge is -2.20. The normalized spacial score (nSPS) is 16.2. The van der Waals surface area contributed by atoms with Gasteiger partial charge in [0.2, 0.25) is 0 Å². The van der Waals surface area contributed by atoms with Crippen molar-refractivity contribution in [2.45, 2.75) is 39.3 Å². The Morgan fingerprint density at radius 1 is 1.47 bits per heavy atom. The Labute approximate surface area is 89.7 Å². The fourth-order valence-corrected chi connectivity index (χ4v) is 1.96. The van der Waals surface area contributed by atoms with Crippen LogP contribution in [0.15, 0.2) is 0 Å². The summed E-state index contributed by atoms with van der Waals surface area (Å²) in [5.74, 6) is 0. The quantitative estimate of drug-likeness (QED) is 0.701. The number of carbonyl (C=O) groups excluding carboxylic acids is 1. The van der Waals surface area contributed by atoms with Crippen molar-refractivity contribution in [2.24, 2.45) is 0 Å². The molecular weight excluding hydrogens is 190 g/mol. The summed E-state index contributed by atoms with van der Waals surface area (Å²) in [6, 6.07) is 0. The van der Waals surface area contributed by atoms with Gasteiger partial charge in [0.25, 0.3) is 0 Å². The molecule has 0 atom stereocenters. The first kappa shape index (κ1) is 10.4. The van der Waals surface area contributed by atoms with Crippen LogP contribution in [0.4, 0.5) is 0 Å². The Bertz CT molecular complexity index is 387. The number of aromatic nitrogens is 2. The predicted octanol–water partition coefficient (Wildman–Crippen LogP) is 1.10. The molecule has 0 aromatic carbocycles. The van der Waals surface area contributed by atoms with E-state index in [2.05, 4.69) is 31.2 Å². The van der Waals surface area contributed by atoms with E-state index in [0.717, 1.165) is 42.7 Å². The fourth-order valence-electron chi connectivity index (χ4n) is 1.96. The highest BCUT2D eigenvalue weighted by Gasteiger charge is 2.25. The van der Waals surface area contributed by atoms with Gasteiger partial charge in [-0.25, -0.2) is 0 Å². The molecule has 0 saturated heterocycles. The summed E-state index contributed by atoms with van der Waals surface area (Å²) in [4.78, 5) is 11.1. The summed E-state index contributed by atoms with van der Waals surface area (Å²) in [6.07, 6.45) is 1.84. The zero-order chi connectivity index (χ0) is 11.1. The SMILES string of the molecule is CC(C)(C)n1nc2c(c1C=O)CNCC2. The van der Waals surface area contributed by atoms with Gasteiger partial charge in [-0.2, -0.15) is 5.10 Å². The van der Waals surface area contributed by atoms with E-state index >= 15 is 0 Å². The van der Waals surface area contributed by atoms with Crippen LogP contribution in [0.2, 0.25) is 0 Å². The number of carbonyl (C=O) groups is 1. The second-order valence-electron chi connectivity index (χ2n) is 4.94. The molecule has 0 radical (unpaired) electrons. The number of nitrogens with zero attached hydrogens (tertiary/aromatic N) is 2. The summed E-state index contributed by atoms with van der Waals surface area (Å²) in [5, 5.41) is 7.81. The Hall–Kier alpha value is -1.16. The molecule has 2 heterocycles. The van der Waals surface area contributed by atoms with Gasteiger partial charge in [0, 0.05) is 25.1 Å². The molecule has 0 amide bonds. The van der Waals surface area contributed by atoms with E-state index in [1.54, 1.807) is 0 Å². The van der Waals surface area contributed by atoms with E-state index < -0.39 is 0 Å². The third-order valence-corrected chi connectivity index (χ3v) is 2.69. The summed E-state index contributed by atoms with van der Waals surface area (Å²) in [7, 11) is 0. The smallest absolute Gasteiger partial charge is 0.168 e. The van der Waals surface area contributed by atoms with Crippen molar-refractivity contribution < 1.29 is 4.79 Å². The van der Waals surface area contributed by atoms with Gasteiger partial charge in [0.15, 0.2) is 6.29 Å². The van der Waals surface area contributed by atoms with Crippen LogP contribution < -0.4 is 5.32 Å². The standard InChI is InChI=1S/C11H17N3O/c1-11(2,3)14-10(7-15)8-6-12-5-4-9(8)13-14/h7,12H,4-6H2,1-3H3. The number of hydrogen-bond donors (Lipinski definition) is 1. The van der Waals surface area contributed by atoms with Crippen molar-refractivity contribution in [1.29, 1.82) is 0 Å². The van der Waals surface area contributed by atoms with Gasteiger partial charge >= 0.3 is 0 Å². The molecule has 2 rings (SSSR count). The van der Waals surface area contributed by atoms with Gasteiger partial charge in [0.05, 0.1) is 11.2 Å². The minimum absolute atomic E-state index is 0.131. The van der Waals surface area contributed by atoms with Crippen molar-refractivity contribution >= 4 is 6.29 Å². The van der Waals surface area contributed by atoms with Crippen LogP contribution in [-0.4, -0.2) is 22.6 Å². The van der Waals surface area contributed by atoms with Crippen LogP contribution in [0.25, 0.3) is 0 Å². The zero-order valence-corrected chi connectivity index (χ0v) is 9.50. The monoisotopic (exact) mass is 207 g/mol. The molecule has 1 aliphatic rings. The van der Waals surface area contributed by atoms with Gasteiger partial charge in [-0.3, -0.25) is 9.48 Å². The van der Waals surface area contributed by atoms with Gasteiger partial charge in [-0.15, -0.1) is 0 Å². The van der Waals surface area contributed by atoms with E-state index in [9.17, 15) is 4.79 Å². The predicted molar refractivity (Wildman–Crippen MR) is 58.0 cm³/mol. The number of aldehydes is 1. The zero-order valence-electron chi connectivity index (χ0n) is 9.50. The van der Waals surface area contributed by atoms with Crippen LogP contribution >= 0.6 is 0 Å². The van der Waals surface area contributed by atoms with Crippen LogP contribution in [-0.2, 0) is 18.5 Å². The first-order chi connectivity index (χ1) is 7.04. The minimum Gasteiger partial charge on any atom is -0.312 e. The number of hydrogen-bond acceptors (Lipinski definition) is 3. The highest BCUT2D eigenvalue weighted by molar-refractivity contribution is 5.75. The molecule has 0 bridgehead atoms. The van der Waals surface area contributed by atoms with Gasteiger partial charge in [0.1, 0.15) is 5.69 Å². The summed E-state index contributed by atoms with van der Waals surface area (Å²) in [6.45, 7) is 7.90. The maximum Gasteiger partial charge on any atom is 0.168 e. The van der Waals surface area contributed by atoms with Gasteiger partial charge in [-0.05, 0) is 20.8 Å². The highest BCUT2D eigenvalue weighted by atomic mass is 16.1. The lowest BCUT2D eigenvalue weighted by Crippen LogP contribution is -2.25. The topological polar surface area (TPSA) is 46.9 Å². The molecule has 1 aromatic rings. The molecule has 15 heavy (non-hydrogen) atoms. The van der Waals surface area contributed by atoms with Crippen molar-refractivity contribution in [2.75, 3.05) is 6.54 Å². The van der Waals surface area contributed by atoms with E-state index in [-0.39, 0.29) is 5.54 Å². The van der Waals surface area contributed by atoms with E-state index in [1.165, 1.54) is 0 Å². The second-order valence-corrected chi connectivity index (χ2v) is 4.94. The molecule has 1 aliphatic heterocycles. The van der Waals surface area contributed by atoms with Crippen molar-refractivity contribution in [3.05, 3.63) is 17.0 Å². The Morgan fingerprint density at radius 2 is 2.20 bits per heavy atom. The Balaban J connectivity index is 2.56. The third-order valence-electron chi connectivity index (χ3n) is 2.69. The van der Waals surface area contributed by atoms with Crippen molar-refractivity contribution in [3.8, 4) is 0 Å². The van der Waals surface area contributed by atoms with Crippen LogP contribution in [0.3, 0.4) is 0 Å². The highest BCUT2D eigenvalue weighted by Crippen LogP contribution is 2.22. The third kappa shape index (κ3) is 1.69. The first-order valence-corrected chi connectivity index (χ1v) is 5.31. The van der Waals surface area contributed by atoms with Crippen molar-refractivity contribution in [3.63, 3.8) is 0 Å². The molecule has 82 valence electrons. The lowest BCUT2D eigenvalue weighted by atomic mass is 10.1. The molecule has 4 heteroatoms. The molecule has 4 nitrogen and oxygen atoms in total. The van der Waals surface area contributed by atoms with Crippen molar-refractivity contribution in [1.82, 2.24) is 15.1 Å². The van der Waals surface area contributed by atoms with Gasteiger partial charge in [-0.1, -0.05) is 0 Å². The number of fused-ring (bicyclic) bond motifs is 1. The van der Waals surface area contributed by atoms with E-state index in [1.807, 2.05) is 4.68 Å². The number of nitrogens with one attached hydrogen (secondary N) is 1. The Morgan fingerprint density at radius 3 is 2.80 bits per heavy atom. The maximum atomic E-state index is 11.1.